The third-order valence-electron chi connectivity index (χ3n) is 5.97. The van der Waals surface area contributed by atoms with Crippen LogP contribution in [0.1, 0.15) is 32.8 Å². The standard InChI is InChI=1S/C20H29N3O4/c1-19(2,3)20-11-16(12-23(20)18(25)26)22(14-20)10-9-21-17(24)27-13-15-7-5-4-6-8-15/h4-8,16H,9-14H2,1-3H3,(H,21,24)(H,25,26)/t16-,20+/m0/s1. The fourth-order valence-corrected chi connectivity index (χ4v) is 4.36. The van der Waals surface area contributed by atoms with Crippen molar-refractivity contribution in [2.24, 2.45) is 5.41 Å². The van der Waals surface area contributed by atoms with Crippen molar-refractivity contribution < 1.29 is 19.4 Å². The van der Waals surface area contributed by atoms with E-state index in [2.05, 4.69) is 31.0 Å². The molecule has 7 heteroatoms. The molecule has 7 nitrogen and oxygen atoms in total. The number of alkyl carbamates (subject to hydrolysis) is 1. The highest BCUT2D eigenvalue weighted by atomic mass is 16.5. The largest absolute Gasteiger partial charge is 0.465 e. The zero-order chi connectivity index (χ0) is 19.7. The predicted molar refractivity (Wildman–Crippen MR) is 102 cm³/mol. The molecule has 0 aliphatic carbocycles. The zero-order valence-corrected chi connectivity index (χ0v) is 16.3. The van der Waals surface area contributed by atoms with E-state index in [0.717, 1.165) is 12.0 Å². The molecule has 1 aromatic carbocycles. The minimum absolute atomic E-state index is 0.142. The number of rotatable bonds is 5. The topological polar surface area (TPSA) is 82.1 Å². The molecule has 2 atom stereocenters. The van der Waals surface area contributed by atoms with Gasteiger partial charge in [-0.1, -0.05) is 51.1 Å². The predicted octanol–water partition coefficient (Wildman–Crippen LogP) is 2.77. The van der Waals surface area contributed by atoms with Crippen LogP contribution in [0.3, 0.4) is 0 Å². The first kappa shape index (κ1) is 19.5. The van der Waals surface area contributed by atoms with Crippen LogP contribution in [0.5, 0.6) is 0 Å². The Hall–Kier alpha value is -2.28. The SMILES string of the molecule is CC(C)(C)[C@]12C[C@@H](CN1C(=O)O)N(CCNC(=O)OCc1ccccc1)C2. The number of likely N-dealkylation sites (tertiary alicyclic amines) is 2. The van der Waals surface area contributed by atoms with E-state index in [0.29, 0.717) is 26.2 Å². The molecule has 2 heterocycles. The molecule has 2 aliphatic heterocycles. The first-order chi connectivity index (χ1) is 12.7. The Morgan fingerprint density at radius 3 is 2.63 bits per heavy atom. The molecule has 2 fully saturated rings. The average molecular weight is 375 g/mol. The van der Waals surface area contributed by atoms with Gasteiger partial charge in [0.05, 0.1) is 5.54 Å². The molecular weight excluding hydrogens is 346 g/mol. The van der Waals surface area contributed by atoms with E-state index in [1.807, 2.05) is 30.3 Å². The average Bonchev–Trinajstić information content (AvgIpc) is 3.18. The maximum atomic E-state index is 11.9. The van der Waals surface area contributed by atoms with Gasteiger partial charge in [0.1, 0.15) is 6.61 Å². The highest BCUT2D eigenvalue weighted by Crippen LogP contribution is 2.50. The van der Waals surface area contributed by atoms with Crippen molar-refractivity contribution in [3.63, 3.8) is 0 Å². The molecule has 0 spiro atoms. The second-order valence-electron chi connectivity index (χ2n) is 8.49. The lowest BCUT2D eigenvalue weighted by Gasteiger charge is -2.48. The summed E-state index contributed by atoms with van der Waals surface area (Å²) in [6.45, 7) is 8.98. The first-order valence-electron chi connectivity index (χ1n) is 9.42. The van der Waals surface area contributed by atoms with Gasteiger partial charge in [-0.25, -0.2) is 9.59 Å². The van der Waals surface area contributed by atoms with Crippen LogP contribution in [0.2, 0.25) is 0 Å². The van der Waals surface area contributed by atoms with Crippen molar-refractivity contribution in [3.05, 3.63) is 35.9 Å². The number of fused-ring (bicyclic) bond motifs is 2. The Labute approximate surface area is 160 Å². The summed E-state index contributed by atoms with van der Waals surface area (Å²) in [6, 6.07) is 9.77. The van der Waals surface area contributed by atoms with Gasteiger partial charge < -0.3 is 15.2 Å². The maximum absolute atomic E-state index is 11.9. The quantitative estimate of drug-likeness (QED) is 0.827. The Morgan fingerprint density at radius 2 is 2.00 bits per heavy atom. The van der Waals surface area contributed by atoms with Crippen molar-refractivity contribution in [2.45, 2.75) is 45.4 Å². The summed E-state index contributed by atoms with van der Waals surface area (Å²) in [4.78, 5) is 27.5. The molecule has 0 aromatic heterocycles. The van der Waals surface area contributed by atoms with Gasteiger partial charge in [0, 0.05) is 32.2 Å². The van der Waals surface area contributed by atoms with Crippen LogP contribution in [0.4, 0.5) is 9.59 Å². The van der Waals surface area contributed by atoms with Crippen LogP contribution < -0.4 is 5.32 Å². The van der Waals surface area contributed by atoms with E-state index >= 15 is 0 Å². The van der Waals surface area contributed by atoms with Crippen molar-refractivity contribution in [3.8, 4) is 0 Å². The monoisotopic (exact) mass is 375 g/mol. The van der Waals surface area contributed by atoms with E-state index in [1.165, 1.54) is 0 Å². The summed E-state index contributed by atoms with van der Waals surface area (Å²) in [5.74, 6) is 0. The number of amides is 2. The normalized spacial score (nSPS) is 24.9. The number of hydrogen-bond donors (Lipinski definition) is 2. The van der Waals surface area contributed by atoms with E-state index in [-0.39, 0.29) is 23.6 Å². The van der Waals surface area contributed by atoms with Gasteiger partial charge in [-0.3, -0.25) is 9.80 Å². The number of piperazine rings is 1. The van der Waals surface area contributed by atoms with Crippen LogP contribution in [0.15, 0.2) is 30.3 Å². The second-order valence-corrected chi connectivity index (χ2v) is 8.49. The molecule has 0 unspecified atom stereocenters. The number of carboxylic acid groups (broad SMARTS) is 1. The fourth-order valence-electron chi connectivity index (χ4n) is 4.36. The molecule has 1 aromatic rings. The Bertz CT molecular complexity index is 688. The highest BCUT2D eigenvalue weighted by Gasteiger charge is 2.61. The van der Waals surface area contributed by atoms with E-state index in [4.69, 9.17) is 4.74 Å². The molecule has 2 bridgehead atoms. The molecule has 3 rings (SSSR count). The lowest BCUT2D eigenvalue weighted by Crippen LogP contribution is -2.62. The summed E-state index contributed by atoms with van der Waals surface area (Å²) in [7, 11) is 0. The zero-order valence-electron chi connectivity index (χ0n) is 16.3. The van der Waals surface area contributed by atoms with E-state index < -0.39 is 12.2 Å². The molecule has 2 N–H and O–H groups in total. The smallest absolute Gasteiger partial charge is 0.407 e. The van der Waals surface area contributed by atoms with Crippen molar-refractivity contribution >= 4 is 12.2 Å². The van der Waals surface area contributed by atoms with Crippen LogP contribution >= 0.6 is 0 Å². The minimum Gasteiger partial charge on any atom is -0.465 e. The molecule has 0 radical (unpaired) electrons. The van der Waals surface area contributed by atoms with Crippen molar-refractivity contribution in [1.29, 1.82) is 0 Å². The summed E-state index contributed by atoms with van der Waals surface area (Å²) in [5, 5.41) is 12.4. The lowest BCUT2D eigenvalue weighted by atomic mass is 9.73. The highest BCUT2D eigenvalue weighted by molar-refractivity contribution is 5.68. The molecule has 27 heavy (non-hydrogen) atoms. The van der Waals surface area contributed by atoms with Crippen LogP contribution in [-0.2, 0) is 11.3 Å². The van der Waals surface area contributed by atoms with E-state index in [9.17, 15) is 14.7 Å². The summed E-state index contributed by atoms with van der Waals surface area (Å²) >= 11 is 0. The van der Waals surface area contributed by atoms with Crippen LogP contribution in [-0.4, -0.2) is 64.9 Å². The summed E-state index contributed by atoms with van der Waals surface area (Å²) in [6.07, 6.45) is -0.420. The van der Waals surface area contributed by atoms with Gasteiger partial charge in [-0.05, 0) is 17.4 Å². The van der Waals surface area contributed by atoms with Gasteiger partial charge in [-0.2, -0.15) is 0 Å². The number of carbonyl (C=O) groups excluding carboxylic acids is 1. The number of carbonyl (C=O) groups is 2. The molecule has 2 amide bonds. The van der Waals surface area contributed by atoms with Crippen LogP contribution in [0, 0.1) is 5.41 Å². The Kier molecular flexibility index (Phi) is 5.33. The molecule has 0 saturated carbocycles. The van der Waals surface area contributed by atoms with Gasteiger partial charge in [0.2, 0.25) is 0 Å². The van der Waals surface area contributed by atoms with Crippen LogP contribution in [0.25, 0.3) is 0 Å². The number of hydrogen-bond acceptors (Lipinski definition) is 4. The van der Waals surface area contributed by atoms with Crippen molar-refractivity contribution in [1.82, 2.24) is 15.1 Å². The van der Waals surface area contributed by atoms with Crippen molar-refractivity contribution in [2.75, 3.05) is 26.2 Å². The molecule has 2 saturated heterocycles. The van der Waals surface area contributed by atoms with Gasteiger partial charge >= 0.3 is 12.2 Å². The summed E-state index contributed by atoms with van der Waals surface area (Å²) in [5.41, 5.74) is 0.444. The molecular formula is C20H29N3O4. The number of benzene rings is 1. The molecule has 2 aliphatic rings. The van der Waals surface area contributed by atoms with Gasteiger partial charge in [0.15, 0.2) is 0 Å². The number of ether oxygens (including phenoxy) is 1. The maximum Gasteiger partial charge on any atom is 0.407 e. The Morgan fingerprint density at radius 1 is 1.30 bits per heavy atom. The third kappa shape index (κ3) is 3.88. The molecule has 148 valence electrons. The van der Waals surface area contributed by atoms with Gasteiger partial charge in [-0.15, -0.1) is 0 Å². The fraction of sp³-hybridized carbons (Fsp3) is 0.600. The van der Waals surface area contributed by atoms with Gasteiger partial charge in [0.25, 0.3) is 0 Å². The summed E-state index contributed by atoms with van der Waals surface area (Å²) < 4.78 is 5.22. The first-order valence-corrected chi connectivity index (χ1v) is 9.42. The minimum atomic E-state index is -0.838. The third-order valence-corrected chi connectivity index (χ3v) is 5.97. The lowest BCUT2D eigenvalue weighted by molar-refractivity contribution is 0.00312. The Balaban J connectivity index is 1.47. The number of nitrogens with zero attached hydrogens (tertiary/aromatic N) is 2. The number of nitrogens with one attached hydrogen (secondary N) is 1. The van der Waals surface area contributed by atoms with E-state index in [1.54, 1.807) is 4.90 Å². The second kappa shape index (κ2) is 7.38.